The number of hydrogen-bond donors (Lipinski definition) is 3. The number of amides is 1. The van der Waals surface area contributed by atoms with Crippen molar-refractivity contribution in [3.05, 3.63) is 60.4 Å². The summed E-state index contributed by atoms with van der Waals surface area (Å²) in [4.78, 5) is 11.7. The van der Waals surface area contributed by atoms with Gasteiger partial charge in [0.25, 0.3) is 5.91 Å². The number of primary amides is 1. The molecule has 0 saturated carbocycles. The molecule has 0 aliphatic carbocycles. The lowest BCUT2D eigenvalue weighted by molar-refractivity contribution is -0.124. The van der Waals surface area contributed by atoms with E-state index in [2.05, 4.69) is 17.4 Å². The third kappa shape index (κ3) is 5.18. The first-order valence-electron chi connectivity index (χ1n) is 7.24. The zero-order chi connectivity index (χ0) is 18.4. The molecule has 0 radical (unpaired) electrons. The molecule has 6 nitrogen and oxygen atoms in total. The quantitative estimate of drug-likeness (QED) is 0.598. The lowest BCUT2D eigenvalue weighted by Crippen LogP contribution is -2.46. The largest absolute Gasteiger partial charge is 0.476 e. The molecule has 9 heteroatoms. The first kappa shape index (κ1) is 19.2. The van der Waals surface area contributed by atoms with Crippen molar-refractivity contribution in [3.8, 4) is 5.75 Å². The minimum atomic E-state index is -3.78. The highest BCUT2D eigenvalue weighted by molar-refractivity contribution is 7.89. The van der Waals surface area contributed by atoms with E-state index in [-0.39, 0.29) is 17.2 Å². The lowest BCUT2D eigenvalue weighted by Gasteiger charge is -2.22. The van der Waals surface area contributed by atoms with Crippen LogP contribution in [0.3, 0.4) is 0 Å². The Morgan fingerprint density at radius 3 is 2.36 bits per heavy atom. The van der Waals surface area contributed by atoms with E-state index in [1.54, 1.807) is 18.2 Å². The predicted octanol–water partition coefficient (Wildman–Crippen LogP) is 1.34. The zero-order valence-corrected chi connectivity index (χ0v) is 14.7. The Kier molecular flexibility index (Phi) is 6.40. The summed E-state index contributed by atoms with van der Waals surface area (Å²) >= 11 is 4.18. The van der Waals surface area contributed by atoms with E-state index in [1.807, 2.05) is 0 Å². The molecule has 25 heavy (non-hydrogen) atoms. The van der Waals surface area contributed by atoms with E-state index < -0.39 is 33.1 Å². The molecule has 0 spiro atoms. The van der Waals surface area contributed by atoms with Crippen LogP contribution in [0, 0.1) is 5.82 Å². The Morgan fingerprint density at radius 1 is 1.16 bits per heavy atom. The van der Waals surface area contributed by atoms with Crippen LogP contribution in [0.2, 0.25) is 0 Å². The number of benzene rings is 2. The number of thiol groups is 1. The molecule has 2 aromatic rings. The number of ether oxygens (including phenoxy) is 1. The van der Waals surface area contributed by atoms with Crippen molar-refractivity contribution in [2.75, 3.05) is 6.54 Å². The Morgan fingerprint density at radius 2 is 1.76 bits per heavy atom. The molecule has 0 saturated heterocycles. The van der Waals surface area contributed by atoms with Gasteiger partial charge in [0.1, 0.15) is 0 Å². The van der Waals surface area contributed by atoms with E-state index in [4.69, 9.17) is 10.5 Å². The molecule has 2 aromatic carbocycles. The summed E-state index contributed by atoms with van der Waals surface area (Å²) in [5.74, 6) is -1.72. The molecule has 0 heterocycles. The van der Waals surface area contributed by atoms with Gasteiger partial charge in [-0.3, -0.25) is 4.79 Å². The van der Waals surface area contributed by atoms with Crippen LogP contribution in [0.4, 0.5) is 4.39 Å². The van der Waals surface area contributed by atoms with Gasteiger partial charge in [-0.25, -0.2) is 17.5 Å². The highest BCUT2D eigenvalue weighted by Gasteiger charge is 2.28. The Hall–Kier alpha value is -2.10. The maximum absolute atomic E-state index is 13.7. The van der Waals surface area contributed by atoms with Crippen molar-refractivity contribution in [3.63, 3.8) is 0 Å². The number of nitrogens with one attached hydrogen (secondary N) is 1. The van der Waals surface area contributed by atoms with Gasteiger partial charge in [0.15, 0.2) is 17.7 Å². The Labute approximate surface area is 150 Å². The van der Waals surface area contributed by atoms with Crippen LogP contribution >= 0.6 is 12.6 Å². The van der Waals surface area contributed by atoms with Crippen molar-refractivity contribution in [1.82, 2.24) is 4.72 Å². The lowest BCUT2D eigenvalue weighted by atomic mass is 10.2. The zero-order valence-electron chi connectivity index (χ0n) is 13.0. The second-order valence-corrected chi connectivity index (χ2v) is 7.53. The topological polar surface area (TPSA) is 98.5 Å². The van der Waals surface area contributed by atoms with Gasteiger partial charge in [-0.05, 0) is 24.3 Å². The van der Waals surface area contributed by atoms with Gasteiger partial charge < -0.3 is 10.5 Å². The summed E-state index contributed by atoms with van der Waals surface area (Å²) in [5, 5.41) is -0.921. The number of nitrogens with two attached hydrogens (primary N) is 1. The van der Waals surface area contributed by atoms with Gasteiger partial charge in [0, 0.05) is 6.54 Å². The number of rotatable bonds is 8. The van der Waals surface area contributed by atoms with Gasteiger partial charge in [-0.15, -0.1) is 0 Å². The van der Waals surface area contributed by atoms with Crippen LogP contribution in [0.1, 0.15) is 0 Å². The molecule has 1 amide bonds. The molecule has 0 aromatic heterocycles. The van der Waals surface area contributed by atoms with Crippen LogP contribution in [0.15, 0.2) is 59.5 Å². The first-order chi connectivity index (χ1) is 11.8. The summed E-state index contributed by atoms with van der Waals surface area (Å²) in [5.41, 5.74) is 5.27. The van der Waals surface area contributed by atoms with Crippen molar-refractivity contribution in [1.29, 1.82) is 0 Å². The second kappa shape index (κ2) is 8.32. The van der Waals surface area contributed by atoms with E-state index >= 15 is 0 Å². The third-order valence-corrected chi connectivity index (χ3v) is 5.15. The van der Waals surface area contributed by atoms with Gasteiger partial charge in [0.2, 0.25) is 10.0 Å². The number of para-hydroxylation sites is 1. The molecule has 0 aliphatic rings. The van der Waals surface area contributed by atoms with Crippen LogP contribution < -0.4 is 15.2 Å². The molecular weight excluding hydrogens is 367 g/mol. The molecule has 0 fully saturated rings. The maximum atomic E-state index is 13.7. The Bertz CT molecular complexity index is 831. The monoisotopic (exact) mass is 384 g/mol. The number of carbonyl (C=O) groups excluding carboxylic acids is 1. The molecule has 0 bridgehead atoms. The fraction of sp³-hybridized carbons (Fsp3) is 0.188. The predicted molar refractivity (Wildman–Crippen MR) is 94.4 cm³/mol. The highest BCUT2D eigenvalue weighted by atomic mass is 32.2. The summed E-state index contributed by atoms with van der Waals surface area (Å²) in [7, 11) is -3.78. The fourth-order valence-electron chi connectivity index (χ4n) is 1.99. The minimum Gasteiger partial charge on any atom is -0.476 e. The molecular formula is C16H17FN2O4S2. The number of sulfonamides is 1. The molecule has 134 valence electrons. The molecule has 2 unspecified atom stereocenters. The molecule has 0 aliphatic heterocycles. The standard InChI is InChI=1S/C16H17FN2O4S2/c17-12-8-4-5-9-13(12)23-15(16(18)20)14(24)10-19-25(21,22)11-6-2-1-3-7-11/h1-9,14-15,19,24H,10H2,(H2,18,20). The smallest absolute Gasteiger partial charge is 0.259 e. The van der Waals surface area contributed by atoms with Crippen molar-refractivity contribution in [2.45, 2.75) is 16.2 Å². The Balaban J connectivity index is 2.07. The molecule has 2 rings (SSSR count). The SMILES string of the molecule is NC(=O)C(Oc1ccccc1F)C(S)CNS(=O)(=O)c1ccccc1. The maximum Gasteiger partial charge on any atom is 0.259 e. The summed E-state index contributed by atoms with van der Waals surface area (Å²) in [6.45, 7) is -0.234. The third-order valence-electron chi connectivity index (χ3n) is 3.26. The van der Waals surface area contributed by atoms with Gasteiger partial charge in [-0.1, -0.05) is 30.3 Å². The normalized spacial score (nSPS) is 13.8. The van der Waals surface area contributed by atoms with Crippen LogP contribution in [-0.2, 0) is 14.8 Å². The van der Waals surface area contributed by atoms with Crippen LogP contribution in [0.5, 0.6) is 5.75 Å². The van der Waals surface area contributed by atoms with E-state index in [0.29, 0.717) is 0 Å². The van der Waals surface area contributed by atoms with E-state index in [9.17, 15) is 17.6 Å². The summed E-state index contributed by atoms with van der Waals surface area (Å²) in [6.07, 6.45) is -1.32. The minimum absolute atomic E-state index is 0.0705. The highest BCUT2D eigenvalue weighted by Crippen LogP contribution is 2.19. The number of halogens is 1. The second-order valence-electron chi connectivity index (χ2n) is 5.10. The van der Waals surface area contributed by atoms with Crippen molar-refractivity contribution >= 4 is 28.6 Å². The van der Waals surface area contributed by atoms with Gasteiger partial charge >= 0.3 is 0 Å². The molecule has 2 atom stereocenters. The van der Waals surface area contributed by atoms with Gasteiger partial charge in [-0.2, -0.15) is 12.6 Å². The van der Waals surface area contributed by atoms with Crippen molar-refractivity contribution in [2.24, 2.45) is 5.73 Å². The van der Waals surface area contributed by atoms with Crippen LogP contribution in [0.25, 0.3) is 0 Å². The summed E-state index contributed by atoms with van der Waals surface area (Å²) < 4.78 is 45.6. The first-order valence-corrected chi connectivity index (χ1v) is 9.24. The number of carbonyl (C=O) groups is 1. The fourth-order valence-corrected chi connectivity index (χ4v) is 3.49. The van der Waals surface area contributed by atoms with E-state index in [0.717, 1.165) is 0 Å². The number of hydrogen-bond acceptors (Lipinski definition) is 5. The van der Waals surface area contributed by atoms with Crippen LogP contribution in [-0.4, -0.2) is 32.2 Å². The van der Waals surface area contributed by atoms with Gasteiger partial charge in [0.05, 0.1) is 10.1 Å². The van der Waals surface area contributed by atoms with Crippen molar-refractivity contribution < 1.29 is 22.3 Å². The average Bonchev–Trinajstić information content (AvgIpc) is 2.59. The summed E-state index contributed by atoms with van der Waals surface area (Å²) in [6, 6.07) is 13.2. The van der Waals surface area contributed by atoms with E-state index in [1.165, 1.54) is 36.4 Å². The average molecular weight is 384 g/mol. The molecule has 3 N–H and O–H groups in total.